The molecule has 0 spiro atoms. The molecule has 0 aliphatic rings. The number of thioether (sulfide) groups is 1. The molecule has 0 radical (unpaired) electrons. The summed E-state index contributed by atoms with van der Waals surface area (Å²) in [4.78, 5) is 32.0. The SMILES string of the molecule is CNC(=O)O/N=C/C(C)(C)SC.COC(=O)N(OC)c1ccccc1COc1ccn(-c2ccc(Cl)cc2)n1. The summed E-state index contributed by atoms with van der Waals surface area (Å²) in [5.41, 5.74) is 2.14. The van der Waals surface area contributed by atoms with E-state index in [0.29, 0.717) is 16.6 Å². The first-order chi connectivity index (χ1) is 18.6. The molecule has 13 heteroatoms. The fraction of sp³-hybridized carbons (Fsp3) is 0.308. The van der Waals surface area contributed by atoms with Gasteiger partial charge in [-0.3, -0.25) is 9.68 Å². The zero-order valence-electron chi connectivity index (χ0n) is 22.6. The molecule has 0 fully saturated rings. The molecule has 2 aromatic carbocycles. The first kappa shape index (κ1) is 31.5. The maximum Gasteiger partial charge on any atom is 0.438 e. The molecule has 0 bridgehead atoms. The van der Waals surface area contributed by atoms with E-state index in [4.69, 9.17) is 25.9 Å². The van der Waals surface area contributed by atoms with E-state index in [1.54, 1.807) is 59.2 Å². The van der Waals surface area contributed by atoms with Crippen molar-refractivity contribution in [2.45, 2.75) is 25.2 Å². The number of anilines is 1. The molecule has 3 aromatic rings. The molecular formula is C26H32ClN5O6S. The topological polar surface area (TPSA) is 117 Å². The largest absolute Gasteiger partial charge is 0.472 e. The number of benzene rings is 2. The second kappa shape index (κ2) is 15.6. The van der Waals surface area contributed by atoms with Crippen LogP contribution < -0.4 is 15.1 Å². The molecule has 0 atom stereocenters. The zero-order valence-corrected chi connectivity index (χ0v) is 24.2. The van der Waals surface area contributed by atoms with Gasteiger partial charge < -0.3 is 14.8 Å². The number of oxime groups is 1. The number of hydrogen-bond donors (Lipinski definition) is 1. The third-order valence-corrected chi connectivity index (χ3v) is 6.40. The van der Waals surface area contributed by atoms with E-state index >= 15 is 0 Å². The molecule has 0 unspecified atom stereocenters. The van der Waals surface area contributed by atoms with Crippen LogP contribution in [0.3, 0.4) is 0 Å². The molecule has 1 N–H and O–H groups in total. The van der Waals surface area contributed by atoms with Gasteiger partial charge in [-0.2, -0.15) is 16.8 Å². The molecule has 210 valence electrons. The predicted octanol–water partition coefficient (Wildman–Crippen LogP) is 5.71. The van der Waals surface area contributed by atoms with Crippen molar-refractivity contribution in [1.82, 2.24) is 15.1 Å². The number of amides is 2. The number of nitrogens with zero attached hydrogens (tertiary/aromatic N) is 4. The molecule has 2 amide bonds. The van der Waals surface area contributed by atoms with Crippen LogP contribution in [0, 0.1) is 0 Å². The number of methoxy groups -OCH3 is 1. The normalized spacial score (nSPS) is 10.8. The molecule has 0 saturated carbocycles. The lowest BCUT2D eigenvalue weighted by Crippen LogP contribution is -2.30. The van der Waals surface area contributed by atoms with Crippen LogP contribution >= 0.6 is 23.4 Å². The Morgan fingerprint density at radius 2 is 1.85 bits per heavy atom. The van der Waals surface area contributed by atoms with Crippen LogP contribution in [0.25, 0.3) is 5.69 Å². The van der Waals surface area contributed by atoms with Crippen LogP contribution in [-0.2, 0) is 21.0 Å². The van der Waals surface area contributed by atoms with Gasteiger partial charge in [0.2, 0.25) is 5.88 Å². The molecular weight excluding hydrogens is 546 g/mol. The minimum atomic E-state index is -0.628. The highest BCUT2D eigenvalue weighted by Gasteiger charge is 2.19. The van der Waals surface area contributed by atoms with Crippen LogP contribution in [-0.4, -0.2) is 60.5 Å². The van der Waals surface area contributed by atoms with Crippen molar-refractivity contribution >= 4 is 47.5 Å². The fourth-order valence-corrected chi connectivity index (χ4v) is 3.03. The molecule has 11 nitrogen and oxygen atoms in total. The van der Waals surface area contributed by atoms with Gasteiger partial charge in [-0.25, -0.2) is 14.3 Å². The van der Waals surface area contributed by atoms with Gasteiger partial charge in [0.05, 0.1) is 31.8 Å². The van der Waals surface area contributed by atoms with Crippen LogP contribution in [0.1, 0.15) is 19.4 Å². The van der Waals surface area contributed by atoms with Gasteiger partial charge in [0, 0.05) is 34.6 Å². The lowest BCUT2D eigenvalue weighted by atomic mass is 10.2. The third kappa shape index (κ3) is 10.2. The van der Waals surface area contributed by atoms with E-state index in [0.717, 1.165) is 16.3 Å². The average molecular weight is 578 g/mol. The fourth-order valence-electron chi connectivity index (χ4n) is 2.76. The Morgan fingerprint density at radius 1 is 1.15 bits per heavy atom. The number of aromatic nitrogens is 2. The summed E-state index contributed by atoms with van der Waals surface area (Å²) in [5, 5.41) is 11.9. The maximum atomic E-state index is 11.9. The summed E-state index contributed by atoms with van der Waals surface area (Å²) >= 11 is 7.53. The first-order valence-corrected chi connectivity index (χ1v) is 13.2. The summed E-state index contributed by atoms with van der Waals surface area (Å²) in [6, 6.07) is 16.3. The van der Waals surface area contributed by atoms with E-state index in [1.807, 2.05) is 44.4 Å². The summed E-state index contributed by atoms with van der Waals surface area (Å²) < 4.78 is 12.1. The standard InChI is InChI=1S/C19H18ClN3O4.C7H14N2O2S/c1-25-19(24)23(26-2)17-6-4-3-5-14(17)13-27-18-11-12-22(21-18)16-9-7-15(20)8-10-16;1-7(2,12-4)5-9-11-6(10)8-3/h3-12H,13H2,1-2H3;5H,1-4H3,(H,8,10)/b;9-5+. The van der Waals surface area contributed by atoms with Crippen LogP contribution in [0.4, 0.5) is 15.3 Å². The van der Waals surface area contributed by atoms with E-state index in [-0.39, 0.29) is 11.4 Å². The van der Waals surface area contributed by atoms with Crippen molar-refractivity contribution in [2.24, 2.45) is 5.16 Å². The summed E-state index contributed by atoms with van der Waals surface area (Å²) in [6.45, 7) is 4.16. The Bertz CT molecular complexity index is 1240. The van der Waals surface area contributed by atoms with Crippen LogP contribution in [0.15, 0.2) is 65.9 Å². The number of halogens is 1. The monoisotopic (exact) mass is 577 g/mol. The van der Waals surface area contributed by atoms with Gasteiger partial charge in [-0.15, -0.1) is 5.10 Å². The van der Waals surface area contributed by atoms with Crippen molar-refractivity contribution in [3.63, 3.8) is 0 Å². The quantitative estimate of drug-likeness (QED) is 0.195. The van der Waals surface area contributed by atoms with Gasteiger partial charge in [0.15, 0.2) is 0 Å². The molecule has 0 aliphatic heterocycles. The second-order valence-electron chi connectivity index (χ2n) is 8.11. The lowest BCUT2D eigenvalue weighted by molar-refractivity contribution is 0.115. The number of hydroxylamine groups is 1. The number of hydrogen-bond acceptors (Lipinski definition) is 9. The Morgan fingerprint density at radius 3 is 2.46 bits per heavy atom. The highest BCUT2D eigenvalue weighted by Crippen LogP contribution is 2.23. The molecule has 0 aliphatic carbocycles. The lowest BCUT2D eigenvalue weighted by Gasteiger charge is -2.20. The molecule has 3 rings (SSSR count). The van der Waals surface area contributed by atoms with Crippen molar-refractivity contribution in [1.29, 1.82) is 0 Å². The summed E-state index contributed by atoms with van der Waals surface area (Å²) in [6.07, 6.45) is 4.17. The van der Waals surface area contributed by atoms with E-state index in [9.17, 15) is 9.59 Å². The van der Waals surface area contributed by atoms with E-state index in [1.165, 1.54) is 21.3 Å². The minimum absolute atomic E-state index is 0.103. The summed E-state index contributed by atoms with van der Waals surface area (Å²) in [7, 11) is 4.16. The highest BCUT2D eigenvalue weighted by atomic mass is 35.5. The first-order valence-electron chi connectivity index (χ1n) is 11.6. The van der Waals surface area contributed by atoms with Crippen LogP contribution in [0.5, 0.6) is 5.88 Å². The number of carbonyl (C=O) groups is 2. The Hall–Kier alpha value is -3.74. The Kier molecular flexibility index (Phi) is 12.6. The second-order valence-corrected chi connectivity index (χ2v) is 10.0. The minimum Gasteiger partial charge on any atom is -0.472 e. The highest BCUT2D eigenvalue weighted by molar-refractivity contribution is 8.00. The predicted molar refractivity (Wildman–Crippen MR) is 153 cm³/mol. The Labute approximate surface area is 236 Å². The smallest absolute Gasteiger partial charge is 0.438 e. The number of nitrogens with one attached hydrogen (secondary N) is 1. The Balaban J connectivity index is 0.000000377. The number of ether oxygens (including phenoxy) is 2. The molecule has 1 aromatic heterocycles. The molecule has 39 heavy (non-hydrogen) atoms. The number of carbonyl (C=O) groups excluding carboxylic acids is 2. The zero-order chi connectivity index (χ0) is 28.8. The van der Waals surface area contributed by atoms with Gasteiger partial charge >= 0.3 is 12.2 Å². The van der Waals surface area contributed by atoms with Crippen molar-refractivity contribution in [3.8, 4) is 11.6 Å². The number of para-hydroxylation sites is 1. The van der Waals surface area contributed by atoms with E-state index in [2.05, 4.69) is 20.4 Å². The third-order valence-electron chi connectivity index (χ3n) is 4.99. The van der Waals surface area contributed by atoms with Crippen LogP contribution in [0.2, 0.25) is 5.02 Å². The molecule has 1 heterocycles. The van der Waals surface area contributed by atoms with Gasteiger partial charge in [0.25, 0.3) is 0 Å². The van der Waals surface area contributed by atoms with Crippen molar-refractivity contribution in [2.75, 3.05) is 32.6 Å². The number of rotatable bonds is 9. The van der Waals surface area contributed by atoms with Crippen molar-refractivity contribution in [3.05, 3.63) is 71.4 Å². The van der Waals surface area contributed by atoms with Gasteiger partial charge in [-0.1, -0.05) is 35.0 Å². The van der Waals surface area contributed by atoms with E-state index < -0.39 is 12.2 Å². The average Bonchev–Trinajstić information content (AvgIpc) is 3.42. The molecule has 0 saturated heterocycles. The summed E-state index contributed by atoms with van der Waals surface area (Å²) in [5.74, 6) is 0.446. The van der Waals surface area contributed by atoms with Crippen molar-refractivity contribution < 1.29 is 28.7 Å². The van der Waals surface area contributed by atoms with Gasteiger partial charge in [-0.05, 0) is 50.4 Å². The van der Waals surface area contributed by atoms with Gasteiger partial charge in [0.1, 0.15) is 6.61 Å². The maximum absolute atomic E-state index is 11.9.